The lowest BCUT2D eigenvalue weighted by atomic mass is 10.5. The third-order valence-corrected chi connectivity index (χ3v) is 1.93. The first kappa shape index (κ1) is 9.78. The quantitative estimate of drug-likeness (QED) is 0.749. The van der Waals surface area contributed by atoms with E-state index in [2.05, 4.69) is 25.7 Å². The van der Waals surface area contributed by atoms with Crippen LogP contribution >= 0.6 is 0 Å². The molecule has 0 atom stereocenters. The Morgan fingerprint density at radius 1 is 1.47 bits per heavy atom. The van der Waals surface area contributed by atoms with E-state index in [-0.39, 0.29) is 0 Å². The Morgan fingerprint density at radius 3 is 2.93 bits per heavy atom. The molecule has 80 valence electrons. The summed E-state index contributed by atoms with van der Waals surface area (Å²) in [4.78, 5) is 4.07. The standard InChI is InChI=1S/C8H12N6O/c1-6-11-8(15-13-6)4-9-3-7-12-10-5-14(7)2/h5,9H,3-4H2,1-2H3. The van der Waals surface area contributed by atoms with Gasteiger partial charge in [0.15, 0.2) is 5.82 Å². The molecule has 2 aromatic rings. The molecule has 0 aliphatic carbocycles. The predicted octanol–water partition coefficient (Wildman–Crippen LogP) is -0.204. The summed E-state index contributed by atoms with van der Waals surface area (Å²) in [5, 5.41) is 14.5. The van der Waals surface area contributed by atoms with Gasteiger partial charge >= 0.3 is 0 Å². The summed E-state index contributed by atoms with van der Waals surface area (Å²) in [5.74, 6) is 2.09. The molecule has 2 heterocycles. The Kier molecular flexibility index (Phi) is 2.72. The molecule has 7 nitrogen and oxygen atoms in total. The van der Waals surface area contributed by atoms with Gasteiger partial charge in [0, 0.05) is 7.05 Å². The molecule has 7 heteroatoms. The fourth-order valence-electron chi connectivity index (χ4n) is 1.16. The van der Waals surface area contributed by atoms with Crippen LogP contribution in [-0.2, 0) is 20.1 Å². The molecule has 0 saturated carbocycles. The first-order valence-corrected chi connectivity index (χ1v) is 4.58. The van der Waals surface area contributed by atoms with E-state index in [0.717, 1.165) is 5.82 Å². The maximum absolute atomic E-state index is 4.95. The largest absolute Gasteiger partial charge is 0.338 e. The summed E-state index contributed by atoms with van der Waals surface area (Å²) in [5.41, 5.74) is 0. The smallest absolute Gasteiger partial charge is 0.240 e. The molecule has 2 rings (SSSR count). The van der Waals surface area contributed by atoms with Crippen molar-refractivity contribution >= 4 is 0 Å². The highest BCUT2D eigenvalue weighted by Gasteiger charge is 2.03. The zero-order valence-electron chi connectivity index (χ0n) is 8.64. The lowest BCUT2D eigenvalue weighted by Crippen LogP contribution is -2.15. The molecular weight excluding hydrogens is 196 g/mol. The monoisotopic (exact) mass is 208 g/mol. The third-order valence-electron chi connectivity index (χ3n) is 1.93. The fraction of sp³-hybridized carbons (Fsp3) is 0.500. The molecule has 0 aromatic carbocycles. The molecule has 0 unspecified atom stereocenters. The molecule has 1 N–H and O–H groups in total. The molecule has 0 radical (unpaired) electrons. The highest BCUT2D eigenvalue weighted by molar-refractivity contribution is 4.86. The van der Waals surface area contributed by atoms with Gasteiger partial charge in [0.2, 0.25) is 5.89 Å². The number of nitrogens with one attached hydrogen (secondary N) is 1. The second kappa shape index (κ2) is 4.18. The number of nitrogens with zero attached hydrogens (tertiary/aromatic N) is 5. The minimum atomic E-state index is 0.535. The van der Waals surface area contributed by atoms with Crippen molar-refractivity contribution in [2.45, 2.75) is 20.0 Å². The van der Waals surface area contributed by atoms with Gasteiger partial charge in [-0.1, -0.05) is 5.16 Å². The molecule has 0 amide bonds. The summed E-state index contributed by atoms with van der Waals surface area (Å²) < 4.78 is 6.80. The topological polar surface area (TPSA) is 81.7 Å². The molecular formula is C8H12N6O. The first-order valence-electron chi connectivity index (χ1n) is 4.58. The van der Waals surface area contributed by atoms with Crippen molar-refractivity contribution in [2.75, 3.05) is 0 Å². The van der Waals surface area contributed by atoms with Crippen LogP contribution in [0.3, 0.4) is 0 Å². The van der Waals surface area contributed by atoms with Gasteiger partial charge in [-0.3, -0.25) is 0 Å². The second-order valence-corrected chi connectivity index (χ2v) is 3.20. The van der Waals surface area contributed by atoms with E-state index in [1.54, 1.807) is 13.3 Å². The molecule has 0 aliphatic rings. The summed E-state index contributed by atoms with van der Waals surface area (Å²) in [6, 6.07) is 0. The Bertz CT molecular complexity index is 434. The maximum atomic E-state index is 4.95. The van der Waals surface area contributed by atoms with Crippen molar-refractivity contribution in [3.63, 3.8) is 0 Å². The van der Waals surface area contributed by atoms with Crippen molar-refractivity contribution < 1.29 is 4.52 Å². The normalized spacial score (nSPS) is 10.8. The van der Waals surface area contributed by atoms with E-state index >= 15 is 0 Å². The third kappa shape index (κ3) is 2.38. The van der Waals surface area contributed by atoms with Gasteiger partial charge in [0.05, 0.1) is 13.1 Å². The van der Waals surface area contributed by atoms with E-state index in [0.29, 0.717) is 24.8 Å². The summed E-state index contributed by atoms with van der Waals surface area (Å²) in [7, 11) is 1.90. The lowest BCUT2D eigenvalue weighted by Gasteiger charge is -2.00. The van der Waals surface area contributed by atoms with Gasteiger partial charge in [0.25, 0.3) is 0 Å². The zero-order valence-corrected chi connectivity index (χ0v) is 8.64. The van der Waals surface area contributed by atoms with Gasteiger partial charge in [-0.15, -0.1) is 10.2 Å². The van der Waals surface area contributed by atoms with Crippen molar-refractivity contribution in [3.8, 4) is 0 Å². The van der Waals surface area contributed by atoms with Crippen LogP contribution in [0.4, 0.5) is 0 Å². The number of hydrogen-bond donors (Lipinski definition) is 1. The van der Waals surface area contributed by atoms with Crippen LogP contribution in [0.25, 0.3) is 0 Å². The van der Waals surface area contributed by atoms with Crippen molar-refractivity contribution in [3.05, 3.63) is 23.9 Å². The Balaban J connectivity index is 1.83. The molecule has 0 aliphatic heterocycles. The summed E-state index contributed by atoms with van der Waals surface area (Å²) >= 11 is 0. The Hall–Kier alpha value is -1.76. The van der Waals surface area contributed by atoms with Crippen LogP contribution in [-0.4, -0.2) is 24.9 Å². The molecule has 0 bridgehead atoms. The van der Waals surface area contributed by atoms with Gasteiger partial charge in [0.1, 0.15) is 12.2 Å². The van der Waals surface area contributed by atoms with E-state index in [1.165, 1.54) is 0 Å². The number of hydrogen-bond acceptors (Lipinski definition) is 6. The number of aryl methyl sites for hydroxylation is 2. The van der Waals surface area contributed by atoms with Gasteiger partial charge in [-0.2, -0.15) is 4.98 Å². The van der Waals surface area contributed by atoms with Gasteiger partial charge < -0.3 is 14.4 Å². The maximum Gasteiger partial charge on any atom is 0.240 e. The van der Waals surface area contributed by atoms with Crippen LogP contribution < -0.4 is 5.32 Å². The number of rotatable bonds is 4. The fourth-order valence-corrected chi connectivity index (χ4v) is 1.16. The highest BCUT2D eigenvalue weighted by Crippen LogP contribution is 1.96. The minimum Gasteiger partial charge on any atom is -0.338 e. The Labute approximate surface area is 86.5 Å². The van der Waals surface area contributed by atoms with Crippen molar-refractivity contribution in [2.24, 2.45) is 7.05 Å². The molecule has 15 heavy (non-hydrogen) atoms. The van der Waals surface area contributed by atoms with Gasteiger partial charge in [-0.25, -0.2) is 0 Å². The average molecular weight is 208 g/mol. The van der Waals surface area contributed by atoms with Gasteiger partial charge in [-0.05, 0) is 6.92 Å². The highest BCUT2D eigenvalue weighted by atomic mass is 16.5. The Morgan fingerprint density at radius 2 is 2.33 bits per heavy atom. The van der Waals surface area contributed by atoms with E-state index < -0.39 is 0 Å². The SMILES string of the molecule is Cc1noc(CNCc2nncn2C)n1. The van der Waals surface area contributed by atoms with Crippen molar-refractivity contribution in [1.29, 1.82) is 0 Å². The first-order chi connectivity index (χ1) is 7.25. The predicted molar refractivity (Wildman–Crippen MR) is 50.6 cm³/mol. The second-order valence-electron chi connectivity index (χ2n) is 3.20. The van der Waals surface area contributed by atoms with Crippen molar-refractivity contribution in [1.82, 2.24) is 30.2 Å². The minimum absolute atomic E-state index is 0.535. The van der Waals surface area contributed by atoms with Crippen LogP contribution in [0, 0.1) is 6.92 Å². The zero-order chi connectivity index (χ0) is 10.7. The van der Waals surface area contributed by atoms with Crippen LogP contribution in [0.5, 0.6) is 0 Å². The number of aromatic nitrogens is 5. The molecule has 2 aromatic heterocycles. The van der Waals surface area contributed by atoms with Crippen LogP contribution in [0.1, 0.15) is 17.5 Å². The van der Waals surface area contributed by atoms with E-state index in [9.17, 15) is 0 Å². The lowest BCUT2D eigenvalue weighted by molar-refractivity contribution is 0.363. The summed E-state index contributed by atoms with van der Waals surface area (Å²) in [6.45, 7) is 2.95. The molecule has 0 fully saturated rings. The molecule has 0 spiro atoms. The summed E-state index contributed by atoms with van der Waals surface area (Å²) in [6.07, 6.45) is 1.66. The molecule has 0 saturated heterocycles. The van der Waals surface area contributed by atoms with E-state index in [4.69, 9.17) is 4.52 Å². The average Bonchev–Trinajstić information content (AvgIpc) is 2.77. The van der Waals surface area contributed by atoms with E-state index in [1.807, 2.05) is 11.6 Å². The van der Waals surface area contributed by atoms with Crippen LogP contribution in [0.2, 0.25) is 0 Å². The van der Waals surface area contributed by atoms with Crippen LogP contribution in [0.15, 0.2) is 10.9 Å².